The molecule has 1 aliphatic rings. The molecule has 2 aromatic carbocycles. The minimum atomic E-state index is -0.646. The van der Waals surface area contributed by atoms with Crippen LogP contribution in [0.5, 0.6) is 5.75 Å². The normalized spacial score (nSPS) is 14.9. The largest absolute Gasteiger partial charge is 0.465 e. The number of aromatic amines is 1. The van der Waals surface area contributed by atoms with E-state index in [0.29, 0.717) is 22.6 Å². The van der Waals surface area contributed by atoms with Gasteiger partial charge in [-0.2, -0.15) is 0 Å². The van der Waals surface area contributed by atoms with Crippen molar-refractivity contribution in [3.8, 4) is 5.75 Å². The minimum Gasteiger partial charge on any atom is -0.465 e. The van der Waals surface area contributed by atoms with Gasteiger partial charge in [-0.05, 0) is 25.1 Å². The Kier molecular flexibility index (Phi) is 6.23. The van der Waals surface area contributed by atoms with Crippen molar-refractivity contribution in [1.29, 1.82) is 0 Å². The molecule has 1 aliphatic heterocycles. The Morgan fingerprint density at radius 2 is 2.03 bits per heavy atom. The zero-order chi connectivity index (χ0) is 24.5. The molecule has 2 aromatic heterocycles. The van der Waals surface area contributed by atoms with Crippen molar-refractivity contribution in [2.75, 3.05) is 7.11 Å². The van der Waals surface area contributed by atoms with Gasteiger partial charge in [-0.3, -0.25) is 4.79 Å². The predicted octanol–water partition coefficient (Wildman–Crippen LogP) is 4.45. The van der Waals surface area contributed by atoms with Gasteiger partial charge >= 0.3 is 5.97 Å². The van der Waals surface area contributed by atoms with E-state index in [2.05, 4.69) is 15.0 Å². The number of H-pyrrole nitrogens is 1. The third-order valence-electron chi connectivity index (χ3n) is 5.45. The van der Waals surface area contributed by atoms with Crippen LogP contribution in [0.15, 0.2) is 58.5 Å². The summed E-state index contributed by atoms with van der Waals surface area (Å²) >= 11 is 1.20. The summed E-state index contributed by atoms with van der Waals surface area (Å²) in [5.74, 6) is -0.244. The molecule has 0 saturated carbocycles. The molecule has 1 N–H and O–H groups in total. The van der Waals surface area contributed by atoms with Crippen molar-refractivity contribution in [1.82, 2.24) is 15.0 Å². The number of nitrogens with one attached hydrogen (secondary N) is 1. The standard InChI is InChI=1S/C25H20FN3O5S/c1-13-8-18(23(31)32-2)19-21(27-13)28-25(29-22(19)30)35-12-16-10-17(26)9-15-11-33-24(34-20(15)16)14-6-4-3-5-7-14/h3-10,24H,11-12H2,1-2H3,(H,27,28,29,30). The average Bonchev–Trinajstić information content (AvgIpc) is 2.86. The number of halogens is 1. The van der Waals surface area contributed by atoms with E-state index in [1.807, 2.05) is 30.3 Å². The van der Waals surface area contributed by atoms with Crippen molar-refractivity contribution in [3.05, 3.63) is 92.6 Å². The quantitative estimate of drug-likeness (QED) is 0.247. The number of carbonyl (C=O) groups is 1. The lowest BCUT2D eigenvalue weighted by Gasteiger charge is -2.28. The molecule has 35 heavy (non-hydrogen) atoms. The second-order valence-corrected chi connectivity index (χ2v) is 8.85. The fourth-order valence-electron chi connectivity index (χ4n) is 3.89. The first-order valence-electron chi connectivity index (χ1n) is 10.7. The molecular formula is C25H20FN3O5S. The molecule has 8 nitrogen and oxygen atoms in total. The highest BCUT2D eigenvalue weighted by molar-refractivity contribution is 7.98. The molecular weight excluding hydrogens is 473 g/mol. The molecule has 0 fully saturated rings. The van der Waals surface area contributed by atoms with E-state index in [1.54, 1.807) is 6.92 Å². The number of hydrogen-bond acceptors (Lipinski definition) is 8. The van der Waals surface area contributed by atoms with Gasteiger partial charge in [-0.15, -0.1) is 0 Å². The smallest absolute Gasteiger partial charge is 0.338 e. The minimum absolute atomic E-state index is 0.0566. The van der Waals surface area contributed by atoms with Crippen LogP contribution in [-0.2, 0) is 21.8 Å². The lowest BCUT2D eigenvalue weighted by Crippen LogP contribution is -2.19. The number of pyridine rings is 1. The van der Waals surface area contributed by atoms with Crippen molar-refractivity contribution >= 4 is 28.8 Å². The van der Waals surface area contributed by atoms with Gasteiger partial charge in [-0.1, -0.05) is 42.1 Å². The van der Waals surface area contributed by atoms with E-state index in [-0.39, 0.29) is 34.1 Å². The second kappa shape index (κ2) is 9.47. The number of aryl methyl sites for hydroxylation is 1. The topological polar surface area (TPSA) is 103 Å². The first-order chi connectivity index (χ1) is 16.9. The summed E-state index contributed by atoms with van der Waals surface area (Å²) < 4.78 is 31.0. The SMILES string of the molecule is COC(=O)c1cc(C)nc2nc(SCc3cc(F)cc4c3OC(c3ccccc3)OC4)[nH]c(=O)c12. The summed E-state index contributed by atoms with van der Waals surface area (Å²) in [5.41, 5.74) is 2.29. The van der Waals surface area contributed by atoms with Gasteiger partial charge in [0.25, 0.3) is 5.56 Å². The van der Waals surface area contributed by atoms with Crippen LogP contribution in [0.3, 0.4) is 0 Å². The monoisotopic (exact) mass is 493 g/mol. The predicted molar refractivity (Wildman–Crippen MR) is 127 cm³/mol. The molecule has 4 aromatic rings. The zero-order valence-corrected chi connectivity index (χ0v) is 19.6. The molecule has 5 rings (SSSR count). The number of thioether (sulfide) groups is 1. The molecule has 3 heterocycles. The number of esters is 1. The number of fused-ring (bicyclic) bond motifs is 2. The third kappa shape index (κ3) is 4.62. The molecule has 1 unspecified atom stereocenters. The van der Waals surface area contributed by atoms with Gasteiger partial charge in [-0.25, -0.2) is 19.2 Å². The fraction of sp³-hybridized carbons (Fsp3) is 0.200. The molecule has 0 spiro atoms. The maximum absolute atomic E-state index is 14.3. The van der Waals surface area contributed by atoms with Crippen LogP contribution in [0.25, 0.3) is 11.0 Å². The van der Waals surface area contributed by atoms with Gasteiger partial charge in [0, 0.05) is 28.1 Å². The number of rotatable bonds is 5. The highest BCUT2D eigenvalue weighted by Crippen LogP contribution is 2.38. The van der Waals surface area contributed by atoms with Crippen molar-refractivity contribution in [2.45, 2.75) is 30.7 Å². The number of hydrogen-bond donors (Lipinski definition) is 1. The van der Waals surface area contributed by atoms with Gasteiger partial charge < -0.3 is 19.2 Å². The lowest BCUT2D eigenvalue weighted by molar-refractivity contribution is -0.112. The Labute approximate surface area is 203 Å². The molecule has 10 heteroatoms. The number of aromatic nitrogens is 3. The Balaban J connectivity index is 1.45. The van der Waals surface area contributed by atoms with Crippen LogP contribution >= 0.6 is 11.8 Å². The van der Waals surface area contributed by atoms with Crippen LogP contribution in [0.4, 0.5) is 4.39 Å². The van der Waals surface area contributed by atoms with E-state index >= 15 is 0 Å². The highest BCUT2D eigenvalue weighted by atomic mass is 32.2. The summed E-state index contributed by atoms with van der Waals surface area (Å²) in [7, 11) is 1.24. The van der Waals surface area contributed by atoms with Crippen molar-refractivity contribution < 1.29 is 23.4 Å². The number of methoxy groups -OCH3 is 1. The van der Waals surface area contributed by atoms with E-state index in [4.69, 9.17) is 14.2 Å². The Morgan fingerprint density at radius 1 is 1.23 bits per heavy atom. The number of nitrogens with zero attached hydrogens (tertiary/aromatic N) is 2. The van der Waals surface area contributed by atoms with Crippen LogP contribution < -0.4 is 10.3 Å². The molecule has 178 valence electrons. The van der Waals surface area contributed by atoms with Crippen molar-refractivity contribution in [2.24, 2.45) is 0 Å². The molecule has 0 aliphatic carbocycles. The average molecular weight is 494 g/mol. The fourth-order valence-corrected chi connectivity index (χ4v) is 4.71. The van der Waals surface area contributed by atoms with Crippen LogP contribution in [-0.4, -0.2) is 28.0 Å². The Morgan fingerprint density at radius 3 is 2.80 bits per heavy atom. The number of ether oxygens (including phenoxy) is 3. The van der Waals surface area contributed by atoms with Gasteiger partial charge in [0.2, 0.25) is 6.29 Å². The zero-order valence-electron chi connectivity index (χ0n) is 18.8. The van der Waals surface area contributed by atoms with E-state index in [0.717, 1.165) is 5.56 Å². The first kappa shape index (κ1) is 23.0. The molecule has 0 radical (unpaired) electrons. The molecule has 0 amide bonds. The maximum atomic E-state index is 14.3. The summed E-state index contributed by atoms with van der Waals surface area (Å²) in [4.78, 5) is 36.3. The number of benzene rings is 2. The van der Waals surface area contributed by atoms with Gasteiger partial charge in [0.05, 0.1) is 24.7 Å². The summed E-state index contributed by atoms with van der Waals surface area (Å²) in [5, 5.41) is 0.335. The highest BCUT2D eigenvalue weighted by Gasteiger charge is 2.25. The maximum Gasteiger partial charge on any atom is 0.338 e. The van der Waals surface area contributed by atoms with E-state index < -0.39 is 23.6 Å². The van der Waals surface area contributed by atoms with Gasteiger partial charge in [0.1, 0.15) is 11.6 Å². The van der Waals surface area contributed by atoms with Gasteiger partial charge in [0.15, 0.2) is 10.8 Å². The third-order valence-corrected chi connectivity index (χ3v) is 6.37. The van der Waals surface area contributed by atoms with E-state index in [1.165, 1.54) is 37.1 Å². The van der Waals surface area contributed by atoms with Crippen LogP contribution in [0.1, 0.15) is 39.0 Å². The molecule has 0 bridgehead atoms. The summed E-state index contributed by atoms with van der Waals surface area (Å²) in [6.07, 6.45) is -0.611. The lowest BCUT2D eigenvalue weighted by atomic mass is 10.1. The summed E-state index contributed by atoms with van der Waals surface area (Å²) in [6.45, 7) is 1.90. The second-order valence-electron chi connectivity index (χ2n) is 7.89. The van der Waals surface area contributed by atoms with Crippen LogP contribution in [0.2, 0.25) is 0 Å². The Hall–Kier alpha value is -3.76. The summed E-state index contributed by atoms with van der Waals surface area (Å²) in [6, 6.07) is 13.8. The first-order valence-corrected chi connectivity index (χ1v) is 11.7. The molecule has 1 atom stereocenters. The molecule has 0 saturated heterocycles. The van der Waals surface area contributed by atoms with E-state index in [9.17, 15) is 14.0 Å². The van der Waals surface area contributed by atoms with Crippen LogP contribution in [0, 0.1) is 12.7 Å². The Bertz CT molecular complexity index is 1490. The number of carbonyl (C=O) groups excluding carboxylic acids is 1. The van der Waals surface area contributed by atoms with Crippen molar-refractivity contribution in [3.63, 3.8) is 0 Å².